The number of piperidine rings is 1. The summed E-state index contributed by atoms with van der Waals surface area (Å²) < 4.78 is 5.35. The van der Waals surface area contributed by atoms with Crippen molar-refractivity contribution in [3.05, 3.63) is 41.2 Å². The lowest BCUT2D eigenvalue weighted by Gasteiger charge is -2.43. The molecule has 0 unspecified atom stereocenters. The highest BCUT2D eigenvalue weighted by Gasteiger charge is 2.35. The number of likely N-dealkylation sites (tertiary alicyclic amines) is 1. The Bertz CT molecular complexity index is 723. The minimum Gasteiger partial charge on any atom is -0.464 e. The van der Waals surface area contributed by atoms with Crippen LogP contribution in [0.2, 0.25) is 0 Å². The highest BCUT2D eigenvalue weighted by molar-refractivity contribution is 5.72. The van der Waals surface area contributed by atoms with E-state index in [1.54, 1.807) is 0 Å². The van der Waals surface area contributed by atoms with Crippen molar-refractivity contribution >= 4 is 5.97 Å². The molecule has 1 fully saturated rings. The van der Waals surface area contributed by atoms with Gasteiger partial charge in [-0.25, -0.2) is 4.98 Å². The van der Waals surface area contributed by atoms with Crippen molar-refractivity contribution in [2.45, 2.75) is 53.0 Å². The fraction of sp³-hybridized carbons (Fsp3) is 0.545. The number of pyridine rings is 1. The Kier molecular flexibility index (Phi) is 6.99. The van der Waals surface area contributed by atoms with Gasteiger partial charge in [0.2, 0.25) is 0 Å². The van der Waals surface area contributed by atoms with E-state index in [1.807, 2.05) is 45.0 Å². The second-order valence-electron chi connectivity index (χ2n) is 7.76. The Morgan fingerprint density at radius 1 is 1.42 bits per heavy atom. The molecule has 1 aliphatic heterocycles. The maximum atomic E-state index is 12.1. The fourth-order valence-electron chi connectivity index (χ4n) is 3.05. The van der Waals surface area contributed by atoms with Gasteiger partial charge in [-0.05, 0) is 75.8 Å². The molecule has 1 aromatic rings. The highest BCUT2D eigenvalue weighted by Crippen LogP contribution is 2.32. The number of ether oxygens (including phenoxy) is 1. The normalized spacial score (nSPS) is 18.5. The third-order valence-corrected chi connectivity index (χ3v) is 4.68. The molecule has 26 heavy (non-hydrogen) atoms. The quantitative estimate of drug-likeness (QED) is 0.610. The number of esters is 1. The van der Waals surface area contributed by atoms with Gasteiger partial charge in [0.15, 0.2) is 0 Å². The molecule has 0 amide bonds. The van der Waals surface area contributed by atoms with Gasteiger partial charge >= 0.3 is 5.97 Å². The van der Waals surface area contributed by atoms with Crippen LogP contribution >= 0.6 is 0 Å². The molecule has 0 N–H and O–H groups in total. The molecule has 4 heteroatoms. The number of nitrogens with zero attached hydrogens (tertiary/aromatic N) is 2. The van der Waals surface area contributed by atoms with Crippen molar-refractivity contribution in [3.63, 3.8) is 0 Å². The molecule has 4 nitrogen and oxygen atoms in total. The topological polar surface area (TPSA) is 42.4 Å². The Morgan fingerprint density at radius 3 is 2.88 bits per heavy atom. The van der Waals surface area contributed by atoms with Crippen LogP contribution in [-0.2, 0) is 9.53 Å². The molecule has 0 saturated carbocycles. The highest BCUT2D eigenvalue weighted by atomic mass is 16.5. The van der Waals surface area contributed by atoms with E-state index in [0.717, 1.165) is 30.8 Å². The van der Waals surface area contributed by atoms with Gasteiger partial charge in [0, 0.05) is 11.2 Å². The van der Waals surface area contributed by atoms with Gasteiger partial charge in [-0.2, -0.15) is 0 Å². The van der Waals surface area contributed by atoms with Crippen LogP contribution in [0.3, 0.4) is 0 Å². The molecule has 2 heterocycles. The molecular formula is C22H30N2O2. The zero-order chi connectivity index (χ0) is 19.2. The van der Waals surface area contributed by atoms with Crippen molar-refractivity contribution in [2.24, 2.45) is 5.92 Å². The summed E-state index contributed by atoms with van der Waals surface area (Å²) in [5.41, 5.74) is 2.79. The third-order valence-electron chi connectivity index (χ3n) is 4.68. The second kappa shape index (κ2) is 9.00. The van der Waals surface area contributed by atoms with Crippen LogP contribution in [0.4, 0.5) is 0 Å². The lowest BCUT2D eigenvalue weighted by Crippen LogP contribution is -2.51. The van der Waals surface area contributed by atoms with Crippen molar-refractivity contribution < 1.29 is 9.53 Å². The van der Waals surface area contributed by atoms with Crippen LogP contribution in [0.5, 0.6) is 0 Å². The van der Waals surface area contributed by atoms with Crippen molar-refractivity contribution in [1.29, 1.82) is 0 Å². The first-order valence-electron chi connectivity index (χ1n) is 9.34. The largest absolute Gasteiger partial charge is 0.464 e. The van der Waals surface area contributed by atoms with E-state index in [4.69, 9.17) is 4.74 Å². The van der Waals surface area contributed by atoms with Crippen LogP contribution in [0, 0.1) is 24.7 Å². The van der Waals surface area contributed by atoms with Crippen LogP contribution in [-0.4, -0.2) is 41.1 Å². The van der Waals surface area contributed by atoms with E-state index in [0.29, 0.717) is 19.1 Å². The minimum absolute atomic E-state index is 0.150. The van der Waals surface area contributed by atoms with Gasteiger partial charge in [0.25, 0.3) is 0 Å². The number of carbonyl (C=O) groups excluding carboxylic acids is 1. The summed E-state index contributed by atoms with van der Waals surface area (Å²) in [5.74, 6) is 6.47. The predicted octanol–water partition coefficient (Wildman–Crippen LogP) is 3.74. The van der Waals surface area contributed by atoms with Gasteiger partial charge < -0.3 is 4.74 Å². The summed E-state index contributed by atoms with van der Waals surface area (Å²) in [6.45, 7) is 12.1. The molecule has 140 valence electrons. The van der Waals surface area contributed by atoms with Crippen molar-refractivity contribution in [1.82, 2.24) is 9.88 Å². The molecule has 0 aromatic carbocycles. The predicted molar refractivity (Wildman–Crippen MR) is 105 cm³/mol. The Hall–Kier alpha value is -2.12. The average Bonchev–Trinajstić information content (AvgIpc) is 2.56. The number of aryl methyl sites for hydroxylation is 1. The summed E-state index contributed by atoms with van der Waals surface area (Å²) in [7, 11) is 0. The second-order valence-corrected chi connectivity index (χ2v) is 7.76. The lowest BCUT2D eigenvalue weighted by atomic mass is 9.84. The summed E-state index contributed by atoms with van der Waals surface area (Å²) in [6.07, 6.45) is 4.02. The van der Waals surface area contributed by atoms with Gasteiger partial charge in [-0.1, -0.05) is 25.8 Å². The van der Waals surface area contributed by atoms with Gasteiger partial charge in [-0.3, -0.25) is 9.69 Å². The SMILES string of the molecule is Cc1cccc(C#C/C=C2\CCCN(CC(=O)OCC(C)C)C2(C)C)n1. The van der Waals surface area contributed by atoms with E-state index in [1.165, 1.54) is 5.57 Å². The van der Waals surface area contributed by atoms with Crippen molar-refractivity contribution in [3.8, 4) is 11.8 Å². The van der Waals surface area contributed by atoms with Crippen LogP contribution in [0.1, 0.15) is 51.9 Å². The van der Waals surface area contributed by atoms with Gasteiger partial charge in [0.1, 0.15) is 5.69 Å². The first-order valence-corrected chi connectivity index (χ1v) is 9.34. The zero-order valence-electron chi connectivity index (χ0n) is 16.6. The van der Waals surface area contributed by atoms with E-state index >= 15 is 0 Å². The standard InChI is InChI=1S/C22H30N2O2/c1-17(2)16-26-21(25)15-24-14-8-11-19(22(24,4)5)10-7-13-20-12-6-9-18(3)23-20/h6,9-10,12,17H,8,11,14-16H2,1-5H3/b19-10+. The molecule has 1 saturated heterocycles. The van der Waals surface area contributed by atoms with E-state index < -0.39 is 0 Å². The Labute approximate surface area is 157 Å². The van der Waals surface area contributed by atoms with Crippen LogP contribution < -0.4 is 0 Å². The smallest absolute Gasteiger partial charge is 0.320 e. The molecular weight excluding hydrogens is 324 g/mol. The first-order chi connectivity index (χ1) is 12.3. The summed E-state index contributed by atoms with van der Waals surface area (Å²) in [6, 6.07) is 5.85. The van der Waals surface area contributed by atoms with E-state index in [-0.39, 0.29) is 11.5 Å². The maximum absolute atomic E-state index is 12.1. The number of hydrogen-bond acceptors (Lipinski definition) is 4. The number of allylic oxidation sites excluding steroid dienone is 1. The summed E-state index contributed by atoms with van der Waals surface area (Å²) >= 11 is 0. The number of hydrogen-bond donors (Lipinski definition) is 0. The third kappa shape index (κ3) is 5.71. The van der Waals surface area contributed by atoms with Crippen LogP contribution in [0.25, 0.3) is 0 Å². The Morgan fingerprint density at radius 2 is 2.19 bits per heavy atom. The molecule has 0 radical (unpaired) electrons. The maximum Gasteiger partial charge on any atom is 0.320 e. The number of rotatable bonds is 4. The fourth-order valence-corrected chi connectivity index (χ4v) is 3.05. The number of aromatic nitrogens is 1. The molecule has 1 aromatic heterocycles. The molecule has 0 atom stereocenters. The monoisotopic (exact) mass is 354 g/mol. The first kappa shape index (κ1) is 20.2. The van der Waals surface area contributed by atoms with Gasteiger partial charge in [0.05, 0.1) is 13.2 Å². The van der Waals surface area contributed by atoms with Crippen LogP contribution in [0.15, 0.2) is 29.8 Å². The summed E-state index contributed by atoms with van der Waals surface area (Å²) in [4.78, 5) is 18.7. The molecule has 0 aliphatic carbocycles. The average molecular weight is 354 g/mol. The zero-order valence-corrected chi connectivity index (χ0v) is 16.6. The minimum atomic E-state index is -0.205. The Balaban J connectivity index is 2.06. The van der Waals surface area contributed by atoms with E-state index in [2.05, 4.69) is 35.6 Å². The molecule has 1 aliphatic rings. The van der Waals surface area contributed by atoms with Gasteiger partial charge in [-0.15, -0.1) is 0 Å². The lowest BCUT2D eigenvalue weighted by molar-refractivity contribution is -0.147. The molecule has 0 bridgehead atoms. The van der Waals surface area contributed by atoms with E-state index in [9.17, 15) is 4.79 Å². The number of carbonyl (C=O) groups is 1. The van der Waals surface area contributed by atoms with Crippen molar-refractivity contribution in [2.75, 3.05) is 19.7 Å². The summed E-state index contributed by atoms with van der Waals surface area (Å²) in [5, 5.41) is 0. The molecule has 2 rings (SSSR count). The molecule has 0 spiro atoms.